The molecule has 2 aliphatic rings. The van der Waals surface area contributed by atoms with Crippen LogP contribution in [0.1, 0.15) is 91.6 Å². The normalized spacial score (nSPS) is 13.8. The van der Waals surface area contributed by atoms with Gasteiger partial charge < -0.3 is 5.32 Å². The molecule has 4 rings (SSSR count). The van der Waals surface area contributed by atoms with E-state index in [2.05, 4.69) is 37.6 Å². The van der Waals surface area contributed by atoms with Crippen molar-refractivity contribution in [1.82, 2.24) is 0 Å². The first kappa shape index (κ1) is 44.9. The molecule has 0 saturated heterocycles. The van der Waals surface area contributed by atoms with Crippen molar-refractivity contribution in [2.45, 2.75) is 88.2 Å². The number of hydrogen-bond acceptors (Lipinski definition) is 5. The van der Waals surface area contributed by atoms with E-state index in [1.54, 1.807) is 49.4 Å². The van der Waals surface area contributed by atoms with Gasteiger partial charge in [-0.15, -0.1) is 0 Å². The van der Waals surface area contributed by atoms with Crippen molar-refractivity contribution in [2.75, 3.05) is 17.3 Å². The molecule has 0 saturated carbocycles. The summed E-state index contributed by atoms with van der Waals surface area (Å²) in [6.07, 6.45) is 11.8. The van der Waals surface area contributed by atoms with E-state index < -0.39 is 0 Å². The largest absolute Gasteiger partial charge is 0 e. The van der Waals surface area contributed by atoms with E-state index in [9.17, 15) is 9.59 Å². The molecular weight excluding hydrogens is 779 g/mol. The molecular formula is C39H51BN6O2W-. The number of amidine groups is 1. The molecule has 10 heteroatoms. The molecule has 2 aromatic carbocycles. The first-order valence-corrected chi connectivity index (χ1v) is 18.0. The van der Waals surface area contributed by atoms with Crippen molar-refractivity contribution in [3.63, 3.8) is 0 Å². The van der Waals surface area contributed by atoms with Crippen molar-refractivity contribution < 1.29 is 28.9 Å². The predicted molar refractivity (Wildman–Crippen MR) is 209 cm³/mol. The molecule has 1 atom stereocenters. The Labute approximate surface area is 307 Å². The first-order chi connectivity index (χ1) is 23.1. The van der Waals surface area contributed by atoms with Crippen LogP contribution in [0.5, 0.6) is 0 Å². The summed E-state index contributed by atoms with van der Waals surface area (Å²) in [5.41, 5.74) is 6.54. The van der Waals surface area contributed by atoms with E-state index in [1.807, 2.05) is 98.9 Å². The molecule has 3 radical (unpaired) electrons. The molecule has 0 aromatic heterocycles. The minimum atomic E-state index is -0.180. The van der Waals surface area contributed by atoms with E-state index >= 15 is 0 Å². The molecule has 259 valence electrons. The van der Waals surface area contributed by atoms with Crippen LogP contribution in [0.2, 0.25) is 0 Å². The Morgan fingerprint density at radius 1 is 0.959 bits per heavy atom. The second-order valence-electron chi connectivity index (χ2n) is 10.2. The summed E-state index contributed by atoms with van der Waals surface area (Å²) in [4.78, 5) is 45.2. The van der Waals surface area contributed by atoms with Crippen LogP contribution >= 0.6 is 0 Å². The summed E-state index contributed by atoms with van der Waals surface area (Å²) in [7, 11) is 1.74. The maximum atomic E-state index is 13.3. The number of nitrogens with zero attached hydrogens (tertiary/aromatic N) is 5. The Morgan fingerprint density at radius 3 is 2.22 bits per heavy atom. The van der Waals surface area contributed by atoms with Gasteiger partial charge >= 0.3 is 193 Å². The molecule has 2 aliphatic heterocycles. The Morgan fingerprint density at radius 2 is 1.61 bits per heavy atom. The zero-order chi connectivity index (χ0) is 36.2. The average Bonchev–Trinajstić information content (AvgIpc) is 3.58. The number of amides is 2. The molecule has 2 amide bonds. The van der Waals surface area contributed by atoms with Crippen LogP contribution in [0.4, 0.5) is 11.4 Å². The number of benzene rings is 2. The van der Waals surface area contributed by atoms with Gasteiger partial charge in [0.15, 0.2) is 0 Å². The zero-order valence-corrected chi connectivity index (χ0v) is 33.9. The summed E-state index contributed by atoms with van der Waals surface area (Å²) < 4.78 is 0.987. The van der Waals surface area contributed by atoms with Crippen LogP contribution in [-0.2, 0) is 30.6 Å². The second kappa shape index (κ2) is 24.1. The Hall–Kier alpha value is -4.10. The minimum absolute atomic E-state index is 0. The van der Waals surface area contributed by atoms with Gasteiger partial charge in [0, 0.05) is 19.7 Å². The predicted octanol–water partition coefficient (Wildman–Crippen LogP) is 8.28. The first-order valence-electron chi connectivity index (χ1n) is 16.5. The van der Waals surface area contributed by atoms with Gasteiger partial charge in [0.25, 0.3) is 5.91 Å². The number of anilines is 2. The standard InChI is InChI=1S/C33H33N6O2.3C2H6.B.W/c1-6-34-30(35-16-14-25-18-26-15-17-36-31(26)37-21-25)19-24-10-12-29(13-11-24)39(5)33(41)27-8-7-9-28(20-27)38-32(40)23(4)22(2)3;3*1-2;;/h7-13,15,17-18,20-21,31H,14,19H2,1-5H3,(H,38,40);3*1-2H3;;/q-1;;;;;. The van der Waals surface area contributed by atoms with Gasteiger partial charge in [-0.3, -0.25) is 4.79 Å². The number of hydrogen-bond donors (Lipinski definition) is 1. The molecule has 2 aromatic rings. The van der Waals surface area contributed by atoms with Crippen LogP contribution < -0.4 is 10.2 Å². The SMILES string of the molecule is CC.CC.CC.C[C](=[W])N=C(Cc1ccc(N(C)C(=O)c2cccc(NC(=O)C(C)=C(C)C)c2)cc1)N=[C-]CC1=CC2=CC=NC2N=C1.[B]. The number of carbonyl (C=O) groups is 2. The van der Waals surface area contributed by atoms with Gasteiger partial charge in [0.05, 0.1) is 0 Å². The monoisotopic (exact) mass is 830 g/mol. The molecule has 8 nitrogen and oxygen atoms in total. The maximum absolute atomic E-state index is 13.3. The number of dihydropyridines is 1. The van der Waals surface area contributed by atoms with Gasteiger partial charge in [-0.05, 0) is 26.8 Å². The van der Waals surface area contributed by atoms with Gasteiger partial charge in [-0.2, -0.15) is 0 Å². The van der Waals surface area contributed by atoms with E-state index in [1.165, 1.54) is 19.4 Å². The molecule has 2 heterocycles. The van der Waals surface area contributed by atoms with E-state index in [-0.39, 0.29) is 26.4 Å². The third kappa shape index (κ3) is 14.5. The second-order valence-corrected chi connectivity index (χ2v) is 12.3. The third-order valence-electron chi connectivity index (χ3n) is 6.75. The summed E-state index contributed by atoms with van der Waals surface area (Å²) in [5.74, 6) is 0.322. The molecule has 0 spiro atoms. The summed E-state index contributed by atoms with van der Waals surface area (Å²) >= 11 is 1.28. The Kier molecular flexibility index (Phi) is 22.1. The summed E-state index contributed by atoms with van der Waals surface area (Å²) in [6.45, 7) is 19.5. The topological polar surface area (TPSA) is 98.8 Å². The fraction of sp³-hybridized carbons (Fsp3) is 0.359. The fourth-order valence-electron chi connectivity index (χ4n) is 4.16. The number of aliphatic imine (C=N–C) groups is 4. The van der Waals surface area contributed by atoms with Crippen LogP contribution in [-0.4, -0.2) is 61.9 Å². The van der Waals surface area contributed by atoms with Crippen LogP contribution in [0.15, 0.2) is 103 Å². The van der Waals surface area contributed by atoms with Crippen LogP contribution in [0.25, 0.3) is 0 Å². The fourth-order valence-corrected chi connectivity index (χ4v) is 4.54. The van der Waals surface area contributed by atoms with Crippen molar-refractivity contribution in [1.29, 1.82) is 0 Å². The number of carbonyl (C=O) groups excluding carboxylic acids is 2. The van der Waals surface area contributed by atoms with Gasteiger partial charge in [-0.25, -0.2) is 0 Å². The summed E-state index contributed by atoms with van der Waals surface area (Å²) in [5, 5.41) is 2.87. The Balaban J connectivity index is 0.00000312. The van der Waals surface area contributed by atoms with Crippen molar-refractivity contribution in [3.8, 4) is 0 Å². The molecule has 1 unspecified atom stereocenters. The van der Waals surface area contributed by atoms with Crippen molar-refractivity contribution in [2.24, 2.45) is 20.0 Å². The minimum Gasteiger partial charge on any atom is 0 e. The van der Waals surface area contributed by atoms with Gasteiger partial charge in [0.2, 0.25) is 0 Å². The third-order valence-corrected chi connectivity index (χ3v) is 7.08. The quantitative estimate of drug-likeness (QED) is 0.0906. The molecule has 0 aliphatic carbocycles. The maximum Gasteiger partial charge on any atom is 0 e. The number of rotatable bonds is 9. The van der Waals surface area contributed by atoms with Gasteiger partial charge in [-0.1, -0.05) is 53.2 Å². The van der Waals surface area contributed by atoms with Crippen LogP contribution in [0, 0.1) is 0 Å². The van der Waals surface area contributed by atoms with E-state index in [0.717, 1.165) is 32.0 Å². The van der Waals surface area contributed by atoms with E-state index in [4.69, 9.17) is 0 Å². The molecule has 0 fully saturated rings. The van der Waals surface area contributed by atoms with Crippen molar-refractivity contribution >= 4 is 60.1 Å². The number of fused-ring (bicyclic) bond motifs is 1. The zero-order valence-electron chi connectivity index (χ0n) is 31.0. The molecule has 0 bridgehead atoms. The Bertz CT molecular complexity index is 1610. The molecule has 1 N–H and O–H groups in total. The van der Waals surface area contributed by atoms with E-state index in [0.29, 0.717) is 35.5 Å². The smallest absolute Gasteiger partial charge is 0 e. The van der Waals surface area contributed by atoms with Gasteiger partial charge in [0.1, 0.15) is 0 Å². The summed E-state index contributed by atoms with van der Waals surface area (Å²) in [6, 6.07) is 14.7. The number of nitrogens with one attached hydrogen (secondary N) is 1. The van der Waals surface area contributed by atoms with Crippen LogP contribution in [0.3, 0.4) is 0 Å². The van der Waals surface area contributed by atoms with Crippen molar-refractivity contribution in [3.05, 3.63) is 94.1 Å². The number of allylic oxidation sites excluding steroid dienone is 3. The average molecular weight is 831 g/mol. The molecule has 49 heavy (non-hydrogen) atoms.